The Bertz CT molecular complexity index is 1850. The highest BCUT2D eigenvalue weighted by Gasteiger charge is 2.43. The fraction of sp³-hybridized carbons (Fsp3) is 0.689. The van der Waals surface area contributed by atoms with Crippen molar-refractivity contribution in [3.8, 4) is 0 Å². The Morgan fingerprint density at radius 3 is 1.43 bits per heavy atom. The number of hydrogen-bond acceptors (Lipinski definition) is 20. The Morgan fingerprint density at radius 2 is 0.892 bits per heavy atom. The SMILES string of the molecule is C=C(C)C(=O)OCOC(=O)NCNC(=O)COC(=O)NCCCCCNC(=O)OCCC[Si](C)(C)C(C)(C)O[Si](C)(C)CCCOC(=O)NCNCCCCC(=O)COC(=O)NCNC(=O)OCOC(=O)C(=C)C. The minimum atomic E-state index is -2.16. The molecule has 0 saturated heterocycles. The summed E-state index contributed by atoms with van der Waals surface area (Å²) in [6.45, 7) is 21.6. The van der Waals surface area contributed by atoms with E-state index in [9.17, 15) is 47.9 Å². The van der Waals surface area contributed by atoms with Crippen molar-refractivity contribution >= 4 is 76.6 Å². The van der Waals surface area contributed by atoms with E-state index in [0.29, 0.717) is 58.0 Å². The summed E-state index contributed by atoms with van der Waals surface area (Å²) in [7, 11) is -4.13. The molecule has 0 aromatic carbocycles. The van der Waals surface area contributed by atoms with Gasteiger partial charge in [-0.1, -0.05) is 32.3 Å². The second-order valence-electron chi connectivity index (χ2n) is 18.2. The van der Waals surface area contributed by atoms with Gasteiger partial charge in [0.1, 0.15) is 0 Å². The largest absolute Gasteiger partial charge is 0.450 e. The topological polar surface area (TPSA) is 350 Å². The number of rotatable bonds is 38. The average Bonchev–Trinajstić information content (AvgIpc) is 3.31. The minimum Gasteiger partial charge on any atom is -0.450 e. The maximum Gasteiger partial charge on any atom is 0.411 e. The molecule has 0 aliphatic carbocycles. The van der Waals surface area contributed by atoms with Gasteiger partial charge < -0.3 is 79.5 Å². The smallest absolute Gasteiger partial charge is 0.411 e. The Labute approximate surface area is 434 Å². The van der Waals surface area contributed by atoms with Crippen LogP contribution in [0.1, 0.15) is 79.1 Å². The zero-order chi connectivity index (χ0) is 56.0. The van der Waals surface area contributed by atoms with Gasteiger partial charge in [0, 0.05) is 35.9 Å². The third-order valence-corrected chi connectivity index (χ3v) is 18.2. The lowest BCUT2D eigenvalue weighted by molar-refractivity contribution is -0.148. The molecule has 0 aromatic rings. The van der Waals surface area contributed by atoms with Gasteiger partial charge in [0.2, 0.25) is 13.6 Å². The van der Waals surface area contributed by atoms with E-state index in [1.54, 1.807) is 0 Å². The first-order valence-corrected chi connectivity index (χ1v) is 30.4. The van der Waals surface area contributed by atoms with Crippen LogP contribution in [0.4, 0.5) is 28.8 Å². The van der Waals surface area contributed by atoms with Crippen molar-refractivity contribution in [3.63, 3.8) is 0 Å². The van der Waals surface area contributed by atoms with Crippen LogP contribution in [0.3, 0.4) is 0 Å². The van der Waals surface area contributed by atoms with E-state index < -0.39 is 97.6 Å². The third kappa shape index (κ3) is 36.4. The molecule has 0 radical (unpaired) electrons. The molecule has 0 rings (SSSR count). The molecule has 0 aliphatic rings. The molecule has 0 spiro atoms. The van der Waals surface area contributed by atoms with Gasteiger partial charge in [0.15, 0.2) is 27.3 Å². The summed E-state index contributed by atoms with van der Waals surface area (Å²) in [5, 5.41) is 19.4. The molecule has 0 aromatic heterocycles. The van der Waals surface area contributed by atoms with Crippen molar-refractivity contribution in [1.82, 2.24) is 42.5 Å². The van der Waals surface area contributed by atoms with Crippen LogP contribution in [-0.2, 0) is 61.5 Å². The summed E-state index contributed by atoms with van der Waals surface area (Å²) in [5.74, 6) is -2.43. The Morgan fingerprint density at radius 1 is 0.459 bits per heavy atom. The average molecular weight is 1090 g/mol. The number of amides is 7. The second-order valence-corrected chi connectivity index (χ2v) is 27.9. The van der Waals surface area contributed by atoms with Gasteiger partial charge in [0.05, 0.1) is 41.3 Å². The highest BCUT2D eigenvalue weighted by Crippen LogP contribution is 2.33. The molecule has 29 heteroatoms. The molecular weight excluding hydrogens is 1010 g/mol. The maximum absolute atomic E-state index is 12.3. The molecule has 0 heterocycles. The normalized spacial score (nSPS) is 11.0. The van der Waals surface area contributed by atoms with Crippen LogP contribution >= 0.6 is 0 Å². The third-order valence-electron chi connectivity index (χ3n) is 10.4. The van der Waals surface area contributed by atoms with Crippen LogP contribution in [0.25, 0.3) is 0 Å². The van der Waals surface area contributed by atoms with Crippen LogP contribution in [0.15, 0.2) is 24.3 Å². The number of nitrogens with one attached hydrogen (secondary N) is 8. The Kier molecular flexibility index (Phi) is 34.8. The summed E-state index contributed by atoms with van der Waals surface area (Å²) in [5.41, 5.74) is 0.272. The highest BCUT2D eigenvalue weighted by atomic mass is 28.4. The number of ether oxygens (including phenoxy) is 8. The van der Waals surface area contributed by atoms with Crippen LogP contribution in [0.5, 0.6) is 0 Å². The van der Waals surface area contributed by atoms with E-state index in [1.807, 2.05) is 0 Å². The van der Waals surface area contributed by atoms with E-state index in [1.165, 1.54) is 13.8 Å². The van der Waals surface area contributed by atoms with Crippen molar-refractivity contribution in [2.75, 3.05) is 79.7 Å². The van der Waals surface area contributed by atoms with Crippen LogP contribution < -0.4 is 42.5 Å². The molecule has 0 bridgehead atoms. The lowest BCUT2D eigenvalue weighted by Crippen LogP contribution is -2.56. The Balaban J connectivity index is 4.02. The minimum absolute atomic E-state index is 0.136. The quantitative estimate of drug-likeness (QED) is 0.0108. The number of unbranched alkanes of at least 4 members (excludes halogenated alkanes) is 3. The highest BCUT2D eigenvalue weighted by molar-refractivity contribution is 6.81. The van der Waals surface area contributed by atoms with Crippen molar-refractivity contribution in [1.29, 1.82) is 0 Å². The maximum atomic E-state index is 12.3. The first-order valence-electron chi connectivity index (χ1n) is 24.0. The number of Topliss-reactive ketones (excluding diaryl/α,β-unsaturated/α-hetero) is 1. The molecule has 0 fully saturated rings. The monoisotopic (exact) mass is 1090 g/mol. The van der Waals surface area contributed by atoms with Gasteiger partial charge in [0.25, 0.3) is 5.91 Å². The molecule has 0 aliphatic heterocycles. The van der Waals surface area contributed by atoms with Gasteiger partial charge in [-0.2, -0.15) is 0 Å². The predicted octanol–water partition coefficient (Wildman–Crippen LogP) is 4.01. The number of esters is 2. The fourth-order valence-corrected chi connectivity index (χ4v) is 11.8. The van der Waals surface area contributed by atoms with Gasteiger partial charge in [-0.05, 0) is 98.3 Å². The van der Waals surface area contributed by atoms with Crippen LogP contribution in [0, 0.1) is 0 Å². The van der Waals surface area contributed by atoms with E-state index >= 15 is 0 Å². The number of carbonyl (C=O) groups excluding carboxylic acids is 10. The van der Waals surface area contributed by atoms with Crippen molar-refractivity contribution in [3.05, 3.63) is 24.3 Å². The second kappa shape index (κ2) is 38.2. The molecule has 27 nitrogen and oxygen atoms in total. The lowest BCUT2D eigenvalue weighted by Gasteiger charge is -2.45. The standard InChI is InChI=1S/C45H80N8O19Si2/c1-33(2)37(56)68-31-70-43(62)51-29-49-36(55)27-67-40(59)48-21-14-11-13-20-47-39(58)64-22-16-24-73(7,8)45(5,6)72-74(9,10)25-17-23-65-41(60)50-28-46-19-15-12-18-35(54)26-66-42(61)52-30-53-44(63)71-32-69-38(57)34(3)4/h46H,1,3,11-32H2,2,4-10H3,(H,47,58)(H,48,59)(H,49,55)(H,50,60)(H,51,62)(H,52,61)(H,53,63). The molecule has 7 amide bonds. The molecule has 0 unspecified atom stereocenters. The molecule has 0 saturated carbocycles. The summed E-state index contributed by atoms with van der Waals surface area (Å²) < 4.78 is 45.5. The Hall–Kier alpha value is -6.47. The summed E-state index contributed by atoms with van der Waals surface area (Å²) in [6.07, 6.45) is -0.108. The molecule has 74 heavy (non-hydrogen) atoms. The molecule has 0 atom stereocenters. The summed E-state index contributed by atoms with van der Waals surface area (Å²) >= 11 is 0. The summed E-state index contributed by atoms with van der Waals surface area (Å²) in [4.78, 5) is 117. The van der Waals surface area contributed by atoms with Gasteiger partial charge in [-0.25, -0.2) is 38.4 Å². The van der Waals surface area contributed by atoms with Gasteiger partial charge >= 0.3 is 48.5 Å². The van der Waals surface area contributed by atoms with Crippen LogP contribution in [-0.4, -0.2) is 161 Å². The van der Waals surface area contributed by atoms with E-state index in [2.05, 4.69) is 115 Å². The number of ketones is 1. The lowest BCUT2D eigenvalue weighted by atomic mass is 10.2. The number of hydrogen-bond donors (Lipinski definition) is 8. The zero-order valence-electron chi connectivity index (χ0n) is 44.2. The fourth-order valence-electron chi connectivity index (χ4n) is 5.75. The molecule has 8 N–H and O–H groups in total. The first-order chi connectivity index (χ1) is 34.8. The van der Waals surface area contributed by atoms with E-state index in [0.717, 1.165) is 12.1 Å². The predicted molar refractivity (Wildman–Crippen MR) is 271 cm³/mol. The van der Waals surface area contributed by atoms with Crippen LogP contribution in [0.2, 0.25) is 38.3 Å². The summed E-state index contributed by atoms with van der Waals surface area (Å²) in [6, 6.07) is 1.65. The van der Waals surface area contributed by atoms with E-state index in [-0.39, 0.29) is 68.3 Å². The zero-order valence-corrected chi connectivity index (χ0v) is 46.2. The number of alkyl carbamates (subject to hydrolysis) is 6. The number of carbonyl (C=O) groups is 10. The molecular formula is C45H80N8O19Si2. The van der Waals surface area contributed by atoms with Crippen molar-refractivity contribution in [2.24, 2.45) is 0 Å². The van der Waals surface area contributed by atoms with Crippen molar-refractivity contribution in [2.45, 2.75) is 123 Å². The van der Waals surface area contributed by atoms with E-state index in [4.69, 9.17) is 23.4 Å². The first kappa shape index (κ1) is 67.5. The van der Waals surface area contributed by atoms with Gasteiger partial charge in [-0.15, -0.1) is 0 Å². The van der Waals surface area contributed by atoms with Crippen molar-refractivity contribution < 1.29 is 90.3 Å². The van der Waals surface area contributed by atoms with Gasteiger partial charge in [-0.3, -0.25) is 14.9 Å². The molecule has 422 valence electrons.